The van der Waals surface area contributed by atoms with Crippen LogP contribution in [-0.4, -0.2) is 96.7 Å². The van der Waals surface area contributed by atoms with Gasteiger partial charge in [-0.25, -0.2) is 9.13 Å². The molecular formula is C85H148O17P2. The van der Waals surface area contributed by atoms with Gasteiger partial charge in [0.1, 0.15) is 19.3 Å². The number of carbonyl (C=O) groups is 4. The van der Waals surface area contributed by atoms with Crippen LogP contribution >= 0.6 is 15.6 Å². The molecule has 0 amide bonds. The average molecular weight is 1500 g/mol. The number of unbranched alkanes of at least 4 members (excludes halogenated alkanes) is 33. The highest BCUT2D eigenvalue weighted by molar-refractivity contribution is 7.47. The van der Waals surface area contributed by atoms with E-state index in [0.717, 1.165) is 167 Å². The van der Waals surface area contributed by atoms with Gasteiger partial charge in [-0.15, -0.1) is 0 Å². The number of phosphoric acid groups is 2. The zero-order chi connectivity index (χ0) is 76.0. The van der Waals surface area contributed by atoms with E-state index in [1.165, 1.54) is 103 Å². The Morgan fingerprint density at radius 3 is 0.788 bits per heavy atom. The first-order chi connectivity index (χ1) is 50.7. The third-order valence-corrected chi connectivity index (χ3v) is 19.1. The largest absolute Gasteiger partial charge is 0.472 e. The number of ether oxygens (including phenoxy) is 4. The second-order valence-corrected chi connectivity index (χ2v) is 30.2. The number of carbonyl (C=O) groups excluding carboxylic acids is 4. The lowest BCUT2D eigenvalue weighted by atomic mass is 10.0. The fourth-order valence-corrected chi connectivity index (χ4v) is 12.6. The fraction of sp³-hybridized carbons (Fsp3) is 0.741. The minimum atomic E-state index is -4.99. The molecule has 5 atom stereocenters. The third kappa shape index (κ3) is 75.9. The van der Waals surface area contributed by atoms with E-state index in [2.05, 4.69) is 137 Å². The molecule has 0 aromatic heterocycles. The summed E-state index contributed by atoms with van der Waals surface area (Å²) in [6.45, 7) is 4.63. The number of aliphatic hydroxyl groups excluding tert-OH is 1. The van der Waals surface area contributed by atoms with Crippen LogP contribution in [0.4, 0.5) is 0 Å². The summed E-state index contributed by atoms with van der Waals surface area (Å²) in [6, 6.07) is 0. The van der Waals surface area contributed by atoms with Crippen molar-refractivity contribution in [3.63, 3.8) is 0 Å². The molecule has 0 radical (unpaired) electrons. The maximum absolute atomic E-state index is 13.1. The zero-order valence-electron chi connectivity index (χ0n) is 65.7. The fourth-order valence-electron chi connectivity index (χ4n) is 11.0. The highest BCUT2D eigenvalue weighted by Gasteiger charge is 2.30. The van der Waals surface area contributed by atoms with Crippen LogP contribution in [0, 0.1) is 0 Å². The Labute approximate surface area is 632 Å². The molecule has 0 aliphatic carbocycles. The highest BCUT2D eigenvalue weighted by Crippen LogP contribution is 2.45. The Hall–Kier alpha value is -4.28. The molecule has 0 spiro atoms. The highest BCUT2D eigenvalue weighted by atomic mass is 31.2. The van der Waals surface area contributed by atoms with Crippen LogP contribution in [0.5, 0.6) is 0 Å². The molecule has 17 nitrogen and oxygen atoms in total. The number of hydrogen-bond acceptors (Lipinski definition) is 15. The number of hydrogen-bond donors (Lipinski definition) is 3. The van der Waals surface area contributed by atoms with E-state index >= 15 is 0 Å². The van der Waals surface area contributed by atoms with Crippen molar-refractivity contribution in [1.29, 1.82) is 0 Å². The molecule has 600 valence electrons. The maximum atomic E-state index is 13.1. The number of aliphatic hydroxyl groups is 1. The average Bonchev–Trinajstić information content (AvgIpc) is 0.918. The van der Waals surface area contributed by atoms with Gasteiger partial charge in [0.15, 0.2) is 12.2 Å². The van der Waals surface area contributed by atoms with Crippen molar-refractivity contribution in [3.05, 3.63) is 109 Å². The summed E-state index contributed by atoms with van der Waals surface area (Å²) < 4.78 is 68.7. The predicted molar refractivity (Wildman–Crippen MR) is 427 cm³/mol. The van der Waals surface area contributed by atoms with E-state index in [4.69, 9.17) is 37.0 Å². The molecule has 0 fully saturated rings. The second-order valence-electron chi connectivity index (χ2n) is 27.3. The van der Waals surface area contributed by atoms with Crippen LogP contribution in [0.2, 0.25) is 0 Å². The molecule has 19 heteroatoms. The molecule has 0 saturated carbocycles. The predicted octanol–water partition coefficient (Wildman–Crippen LogP) is 24.1. The van der Waals surface area contributed by atoms with Crippen LogP contribution in [0.15, 0.2) is 109 Å². The quantitative estimate of drug-likeness (QED) is 0.0169. The molecule has 0 saturated heterocycles. The number of phosphoric ester groups is 2. The van der Waals surface area contributed by atoms with E-state index in [-0.39, 0.29) is 25.7 Å². The summed E-state index contributed by atoms with van der Waals surface area (Å²) in [6.07, 6.45) is 83.4. The standard InChI is InChI=1S/C85H148O17P2/c1-5-9-13-17-21-25-29-33-37-38-39-40-44-46-50-54-58-62-66-70-83(88)96-76-81(102-85(90)72-68-64-60-56-52-48-43-36-32-28-24-20-16-12-8-4)78-100-104(93,94)98-74-79(86)73-97-103(91,92)99-77-80(101-84(89)71-67-63-59-55-51-47-42-35-31-27-23-19-15-11-7-3)75-95-82(87)69-65-61-57-53-49-45-41-34-30-26-22-18-14-10-6-2/h9,12-13,16,21,24-25,28,33-34,36-37,39-41,43,46,50,79-81,86H,5-8,10-11,14-15,17-20,22-23,26-27,29-32,35,38,42,44-45,47-49,51-78H2,1-4H3,(H,91,92)(H,93,94)/b13-9-,16-12-,25-21-,28-24-,37-33-,40-39-,41-34-,43-36-,50-46-. The van der Waals surface area contributed by atoms with Gasteiger partial charge in [0, 0.05) is 25.7 Å². The van der Waals surface area contributed by atoms with Gasteiger partial charge in [-0.3, -0.25) is 37.3 Å². The second kappa shape index (κ2) is 76.9. The van der Waals surface area contributed by atoms with E-state index < -0.39 is 97.5 Å². The first-order valence-corrected chi connectivity index (χ1v) is 44.1. The summed E-state index contributed by atoms with van der Waals surface area (Å²) in [5.41, 5.74) is 0. The third-order valence-electron chi connectivity index (χ3n) is 17.2. The van der Waals surface area contributed by atoms with Crippen molar-refractivity contribution < 1.29 is 80.2 Å². The van der Waals surface area contributed by atoms with Crippen molar-refractivity contribution in [3.8, 4) is 0 Å². The Kier molecular flexibility index (Phi) is 73.7. The molecule has 0 aliphatic heterocycles. The van der Waals surface area contributed by atoms with Gasteiger partial charge >= 0.3 is 39.5 Å². The smallest absolute Gasteiger partial charge is 0.462 e. The van der Waals surface area contributed by atoms with Crippen molar-refractivity contribution in [2.45, 2.75) is 367 Å². The molecule has 0 bridgehead atoms. The lowest BCUT2D eigenvalue weighted by molar-refractivity contribution is -0.161. The van der Waals surface area contributed by atoms with Crippen LogP contribution < -0.4 is 0 Å². The minimum Gasteiger partial charge on any atom is -0.462 e. The zero-order valence-corrected chi connectivity index (χ0v) is 67.5. The summed E-state index contributed by atoms with van der Waals surface area (Å²) in [7, 11) is -9.97. The van der Waals surface area contributed by atoms with E-state index in [0.29, 0.717) is 25.7 Å². The van der Waals surface area contributed by atoms with Crippen molar-refractivity contribution in [1.82, 2.24) is 0 Å². The van der Waals surface area contributed by atoms with Gasteiger partial charge in [0.05, 0.1) is 26.4 Å². The minimum absolute atomic E-state index is 0.0665. The van der Waals surface area contributed by atoms with Gasteiger partial charge in [-0.1, -0.05) is 304 Å². The molecule has 5 unspecified atom stereocenters. The van der Waals surface area contributed by atoms with Crippen molar-refractivity contribution in [2.75, 3.05) is 39.6 Å². The van der Waals surface area contributed by atoms with Gasteiger partial charge in [-0.2, -0.15) is 0 Å². The first-order valence-electron chi connectivity index (χ1n) is 41.1. The molecular weight excluding hydrogens is 1350 g/mol. The molecule has 0 rings (SSSR count). The first kappa shape index (κ1) is 99.7. The Balaban J connectivity index is 5.39. The molecule has 0 aliphatic rings. The lowest BCUT2D eigenvalue weighted by Gasteiger charge is -2.21. The maximum Gasteiger partial charge on any atom is 0.472 e. The molecule has 0 aromatic rings. The van der Waals surface area contributed by atoms with Crippen molar-refractivity contribution in [2.24, 2.45) is 0 Å². The Bertz CT molecular complexity index is 2390. The van der Waals surface area contributed by atoms with Gasteiger partial charge < -0.3 is 33.8 Å². The topological polar surface area (TPSA) is 237 Å². The Morgan fingerprint density at radius 2 is 0.500 bits per heavy atom. The summed E-state index contributed by atoms with van der Waals surface area (Å²) in [5, 5.41) is 10.7. The molecule has 0 aromatic carbocycles. The van der Waals surface area contributed by atoms with Gasteiger partial charge in [0.2, 0.25) is 0 Å². The monoisotopic (exact) mass is 1500 g/mol. The van der Waals surface area contributed by atoms with Crippen molar-refractivity contribution >= 4 is 39.5 Å². The summed E-state index contributed by atoms with van der Waals surface area (Å²) >= 11 is 0. The van der Waals surface area contributed by atoms with E-state index in [1.807, 2.05) is 0 Å². The molecule has 3 N–H and O–H groups in total. The normalized spacial score (nSPS) is 14.4. The van der Waals surface area contributed by atoms with E-state index in [1.54, 1.807) is 0 Å². The van der Waals surface area contributed by atoms with Gasteiger partial charge in [-0.05, 0) is 128 Å². The number of esters is 4. The molecule has 104 heavy (non-hydrogen) atoms. The van der Waals surface area contributed by atoms with Gasteiger partial charge in [0.25, 0.3) is 0 Å². The van der Waals surface area contributed by atoms with Crippen LogP contribution in [0.1, 0.15) is 349 Å². The SMILES string of the molecule is CC/C=C\C/C=C\C/C=C\C/C=C\C/C=C\CCCCCC(=O)OCC(COP(=O)(O)OCC(O)COP(=O)(O)OCC(COC(=O)CCCCCCC/C=C\CCCCCCCC)OC(=O)CCCCCCCCCCCCCCCCC)OC(=O)CCCCCCC/C=C\C/C=C\C/C=C\CC. The lowest BCUT2D eigenvalue weighted by Crippen LogP contribution is -2.30. The number of rotatable bonds is 77. The number of allylic oxidation sites excluding steroid dienone is 18. The van der Waals surface area contributed by atoms with Crippen LogP contribution in [-0.2, 0) is 65.4 Å². The molecule has 0 heterocycles. The van der Waals surface area contributed by atoms with E-state index in [9.17, 15) is 43.2 Å². The van der Waals surface area contributed by atoms with Crippen LogP contribution in [0.25, 0.3) is 0 Å². The summed E-state index contributed by atoms with van der Waals surface area (Å²) in [5.74, 6) is -2.22. The Morgan fingerprint density at radius 1 is 0.279 bits per heavy atom. The summed E-state index contributed by atoms with van der Waals surface area (Å²) in [4.78, 5) is 73.1. The van der Waals surface area contributed by atoms with Crippen LogP contribution in [0.3, 0.4) is 0 Å².